The van der Waals surface area contributed by atoms with E-state index in [0.29, 0.717) is 25.9 Å². The molecule has 2 aromatic rings. The molecule has 1 fully saturated rings. The molecule has 5 nitrogen and oxygen atoms in total. The molecule has 0 spiro atoms. The van der Waals surface area contributed by atoms with Crippen molar-refractivity contribution < 1.29 is 9.59 Å². The van der Waals surface area contributed by atoms with E-state index >= 15 is 0 Å². The van der Waals surface area contributed by atoms with Crippen LogP contribution in [0.4, 0.5) is 0 Å². The van der Waals surface area contributed by atoms with Crippen LogP contribution in [0.2, 0.25) is 0 Å². The van der Waals surface area contributed by atoms with Crippen molar-refractivity contribution in [1.29, 1.82) is 0 Å². The van der Waals surface area contributed by atoms with E-state index in [-0.39, 0.29) is 11.8 Å². The van der Waals surface area contributed by atoms with Crippen molar-refractivity contribution in [2.24, 2.45) is 5.41 Å². The Bertz CT molecular complexity index is 722. The molecule has 1 heterocycles. The first kappa shape index (κ1) is 16.2. The van der Waals surface area contributed by atoms with Crippen molar-refractivity contribution in [3.8, 4) is 0 Å². The number of nitrogens with zero attached hydrogens (tertiary/aromatic N) is 1. The number of rotatable bonds is 6. The van der Waals surface area contributed by atoms with Gasteiger partial charge in [-0.15, -0.1) is 0 Å². The molecule has 1 aliphatic carbocycles. The summed E-state index contributed by atoms with van der Waals surface area (Å²) < 4.78 is 0. The molecule has 0 saturated heterocycles. The molecule has 5 heteroatoms. The number of carbonyl (C=O) groups excluding carboxylic acids is 2. The van der Waals surface area contributed by atoms with Crippen LogP contribution in [0, 0.1) is 12.3 Å². The Balaban J connectivity index is 1.53. The average Bonchev–Trinajstić information content (AvgIpc) is 3.42. The summed E-state index contributed by atoms with van der Waals surface area (Å²) in [5.74, 6) is -0.406. The monoisotopic (exact) mass is 323 g/mol. The van der Waals surface area contributed by atoms with E-state index in [2.05, 4.69) is 15.6 Å². The molecule has 1 aliphatic rings. The van der Waals surface area contributed by atoms with E-state index in [1.165, 1.54) is 5.56 Å². The zero-order valence-corrected chi connectivity index (χ0v) is 13.7. The number of pyridine rings is 1. The van der Waals surface area contributed by atoms with Crippen molar-refractivity contribution >= 4 is 11.8 Å². The fourth-order valence-corrected chi connectivity index (χ4v) is 2.58. The third-order valence-corrected chi connectivity index (χ3v) is 4.35. The second-order valence-corrected chi connectivity index (χ2v) is 6.25. The zero-order valence-electron chi connectivity index (χ0n) is 13.7. The summed E-state index contributed by atoms with van der Waals surface area (Å²) in [6.45, 7) is 2.80. The number of carbonyl (C=O) groups is 2. The van der Waals surface area contributed by atoms with Crippen LogP contribution in [0.5, 0.6) is 0 Å². The molecule has 1 aromatic heterocycles. The lowest BCUT2D eigenvalue weighted by Gasteiger charge is -2.15. The topological polar surface area (TPSA) is 71.1 Å². The number of aromatic nitrogens is 1. The van der Waals surface area contributed by atoms with Crippen LogP contribution in [0.1, 0.15) is 29.7 Å². The Morgan fingerprint density at radius 1 is 1.00 bits per heavy atom. The molecular weight excluding hydrogens is 302 g/mol. The third kappa shape index (κ3) is 3.62. The van der Waals surface area contributed by atoms with Crippen molar-refractivity contribution in [3.05, 3.63) is 65.5 Å². The van der Waals surface area contributed by atoms with Gasteiger partial charge in [0.2, 0.25) is 11.8 Å². The highest BCUT2D eigenvalue weighted by atomic mass is 16.2. The maximum Gasteiger partial charge on any atom is 0.236 e. The highest BCUT2D eigenvalue weighted by molar-refractivity contribution is 6.07. The molecule has 2 amide bonds. The molecule has 0 atom stereocenters. The van der Waals surface area contributed by atoms with Gasteiger partial charge in [0.05, 0.1) is 12.2 Å². The maximum absolute atomic E-state index is 12.4. The van der Waals surface area contributed by atoms with Gasteiger partial charge in [-0.25, -0.2) is 0 Å². The highest BCUT2D eigenvalue weighted by Crippen LogP contribution is 2.46. The van der Waals surface area contributed by atoms with Gasteiger partial charge in [0.15, 0.2) is 0 Å². The minimum Gasteiger partial charge on any atom is -0.351 e. The predicted molar refractivity (Wildman–Crippen MR) is 90.8 cm³/mol. The van der Waals surface area contributed by atoms with Gasteiger partial charge in [-0.2, -0.15) is 0 Å². The smallest absolute Gasteiger partial charge is 0.236 e. The van der Waals surface area contributed by atoms with Crippen LogP contribution in [0.15, 0.2) is 48.7 Å². The molecule has 0 unspecified atom stereocenters. The Kier molecular flexibility index (Phi) is 4.60. The number of hydrogen-bond donors (Lipinski definition) is 2. The van der Waals surface area contributed by atoms with Crippen LogP contribution < -0.4 is 10.6 Å². The molecule has 1 aromatic carbocycles. The molecule has 1 saturated carbocycles. The quantitative estimate of drug-likeness (QED) is 0.800. The number of benzene rings is 1. The van der Waals surface area contributed by atoms with Crippen molar-refractivity contribution in [3.63, 3.8) is 0 Å². The highest BCUT2D eigenvalue weighted by Gasteiger charge is 2.56. The molecule has 0 radical (unpaired) electrons. The van der Waals surface area contributed by atoms with E-state index in [9.17, 15) is 9.59 Å². The van der Waals surface area contributed by atoms with Crippen molar-refractivity contribution in [2.45, 2.75) is 32.9 Å². The van der Waals surface area contributed by atoms with Gasteiger partial charge >= 0.3 is 0 Å². The van der Waals surface area contributed by atoms with E-state index in [1.54, 1.807) is 6.20 Å². The van der Waals surface area contributed by atoms with E-state index in [4.69, 9.17) is 0 Å². The second-order valence-electron chi connectivity index (χ2n) is 6.25. The Labute approximate surface area is 141 Å². The summed E-state index contributed by atoms with van der Waals surface area (Å²) in [7, 11) is 0. The van der Waals surface area contributed by atoms with Crippen LogP contribution in [-0.4, -0.2) is 16.8 Å². The standard InChI is InChI=1S/C19H21N3O2/c1-14-5-7-15(8-6-14)12-21-17(23)19(9-10-19)18(24)22-13-16-4-2-3-11-20-16/h2-8,11H,9-10,12-13H2,1H3,(H,21,23)(H,22,24). The summed E-state index contributed by atoms with van der Waals surface area (Å²) in [5, 5.41) is 5.71. The van der Waals surface area contributed by atoms with Gasteiger partial charge in [0, 0.05) is 12.7 Å². The third-order valence-electron chi connectivity index (χ3n) is 4.35. The second kappa shape index (κ2) is 6.83. The van der Waals surface area contributed by atoms with E-state index in [1.807, 2.05) is 49.4 Å². The summed E-state index contributed by atoms with van der Waals surface area (Å²) in [5.41, 5.74) is 2.08. The lowest BCUT2D eigenvalue weighted by Crippen LogP contribution is -2.42. The van der Waals surface area contributed by atoms with E-state index < -0.39 is 5.41 Å². The van der Waals surface area contributed by atoms with Gasteiger partial charge in [-0.1, -0.05) is 35.9 Å². The SMILES string of the molecule is Cc1ccc(CNC(=O)C2(C(=O)NCc3ccccn3)CC2)cc1. The van der Waals surface area contributed by atoms with Crippen LogP contribution in [0.3, 0.4) is 0 Å². The number of nitrogens with one attached hydrogen (secondary N) is 2. The van der Waals surface area contributed by atoms with Crippen LogP contribution in [-0.2, 0) is 22.7 Å². The lowest BCUT2D eigenvalue weighted by atomic mass is 10.0. The molecular formula is C19H21N3O2. The number of aryl methyl sites for hydroxylation is 1. The van der Waals surface area contributed by atoms with Gasteiger partial charge in [-0.3, -0.25) is 14.6 Å². The molecule has 3 rings (SSSR count). The van der Waals surface area contributed by atoms with Crippen molar-refractivity contribution in [1.82, 2.24) is 15.6 Å². The van der Waals surface area contributed by atoms with Gasteiger partial charge in [0.25, 0.3) is 0 Å². The summed E-state index contributed by atoms with van der Waals surface area (Å²) >= 11 is 0. The van der Waals surface area contributed by atoms with Crippen molar-refractivity contribution in [2.75, 3.05) is 0 Å². The van der Waals surface area contributed by atoms with Gasteiger partial charge in [-0.05, 0) is 37.5 Å². The maximum atomic E-state index is 12.4. The molecule has 24 heavy (non-hydrogen) atoms. The summed E-state index contributed by atoms with van der Waals surface area (Å²) in [6.07, 6.45) is 2.88. The summed E-state index contributed by atoms with van der Waals surface area (Å²) in [4.78, 5) is 29.0. The Hall–Kier alpha value is -2.69. The summed E-state index contributed by atoms with van der Waals surface area (Å²) in [6, 6.07) is 13.5. The first-order valence-electron chi connectivity index (χ1n) is 8.12. The van der Waals surface area contributed by atoms with Gasteiger partial charge in [0.1, 0.15) is 5.41 Å². The van der Waals surface area contributed by atoms with E-state index in [0.717, 1.165) is 11.3 Å². The minimum atomic E-state index is -0.903. The average molecular weight is 323 g/mol. The van der Waals surface area contributed by atoms with Crippen LogP contribution in [0.25, 0.3) is 0 Å². The number of amides is 2. The van der Waals surface area contributed by atoms with Crippen LogP contribution >= 0.6 is 0 Å². The Morgan fingerprint density at radius 2 is 1.67 bits per heavy atom. The fraction of sp³-hybridized carbons (Fsp3) is 0.316. The fourth-order valence-electron chi connectivity index (χ4n) is 2.58. The number of hydrogen-bond acceptors (Lipinski definition) is 3. The molecule has 124 valence electrons. The molecule has 0 bridgehead atoms. The minimum absolute atomic E-state index is 0.193. The predicted octanol–water partition coefficient (Wildman–Crippen LogP) is 2.10. The Morgan fingerprint density at radius 3 is 2.25 bits per heavy atom. The lowest BCUT2D eigenvalue weighted by molar-refractivity contribution is -0.137. The molecule has 2 N–H and O–H groups in total. The largest absolute Gasteiger partial charge is 0.351 e. The first-order valence-corrected chi connectivity index (χ1v) is 8.12. The molecule has 0 aliphatic heterocycles. The normalized spacial score (nSPS) is 14.7. The van der Waals surface area contributed by atoms with Gasteiger partial charge < -0.3 is 10.6 Å². The first-order chi connectivity index (χ1) is 11.6. The zero-order chi connectivity index (χ0) is 17.0.